The summed E-state index contributed by atoms with van der Waals surface area (Å²) in [4.78, 5) is 4.15. The Bertz CT molecular complexity index is 228. The molecule has 0 aliphatic carbocycles. The molecule has 0 radical (unpaired) electrons. The second-order valence-corrected chi connectivity index (χ2v) is 2.70. The molecule has 1 nitrogen and oxygen atoms in total. The van der Waals surface area contributed by atoms with Gasteiger partial charge in [0.1, 0.15) is 10.4 Å². The molecule has 0 bridgehead atoms. The van der Waals surface area contributed by atoms with Crippen LogP contribution in [0.2, 0.25) is 0 Å². The zero-order valence-corrected chi connectivity index (χ0v) is 6.79. The molecule has 48 valence electrons. The summed E-state index contributed by atoms with van der Waals surface area (Å²) in [5.41, 5.74) is 0. The lowest BCUT2D eigenvalue weighted by molar-refractivity contribution is 0.616. The van der Waals surface area contributed by atoms with Crippen molar-refractivity contribution in [1.82, 2.24) is 4.98 Å². The molecule has 0 aliphatic rings. The van der Waals surface area contributed by atoms with Gasteiger partial charge in [0.05, 0.1) is 6.20 Å². The predicted molar refractivity (Wildman–Crippen MR) is 39.1 cm³/mol. The highest BCUT2D eigenvalue weighted by atomic mass is 79.9. The summed E-state index contributed by atoms with van der Waals surface area (Å²) in [6.45, 7) is 0. The standard InChI is InChI=1S/C5H3BrFNS/c6-5-4(9)1-3(7)2-8-5/h1-2,9H. The molecule has 0 saturated carbocycles. The van der Waals surface area contributed by atoms with Gasteiger partial charge in [-0.15, -0.1) is 12.6 Å². The van der Waals surface area contributed by atoms with Gasteiger partial charge in [0.15, 0.2) is 0 Å². The molecule has 1 heterocycles. The fourth-order valence-corrected chi connectivity index (χ4v) is 0.810. The number of pyridine rings is 1. The third-order valence-electron chi connectivity index (χ3n) is 0.787. The minimum atomic E-state index is -0.372. The molecule has 1 aromatic heterocycles. The van der Waals surface area contributed by atoms with Crippen LogP contribution in [0.1, 0.15) is 0 Å². The highest BCUT2D eigenvalue weighted by Crippen LogP contribution is 2.17. The van der Waals surface area contributed by atoms with Gasteiger partial charge in [-0.3, -0.25) is 0 Å². The number of aromatic nitrogens is 1. The molecule has 1 aromatic rings. The van der Waals surface area contributed by atoms with Crippen molar-refractivity contribution in [3.63, 3.8) is 0 Å². The maximum absolute atomic E-state index is 12.2. The lowest BCUT2D eigenvalue weighted by Gasteiger charge is -1.92. The molecule has 0 spiro atoms. The highest BCUT2D eigenvalue weighted by molar-refractivity contribution is 9.10. The van der Waals surface area contributed by atoms with E-state index in [2.05, 4.69) is 33.5 Å². The van der Waals surface area contributed by atoms with Crippen molar-refractivity contribution in [3.05, 3.63) is 22.7 Å². The molecule has 0 atom stereocenters. The van der Waals surface area contributed by atoms with Crippen LogP contribution in [0.4, 0.5) is 4.39 Å². The molecule has 0 saturated heterocycles. The molecule has 0 aromatic carbocycles. The Morgan fingerprint density at radius 2 is 2.33 bits per heavy atom. The molecular weight excluding hydrogens is 205 g/mol. The first kappa shape index (κ1) is 7.02. The molecule has 0 fully saturated rings. The van der Waals surface area contributed by atoms with Gasteiger partial charge in [-0.2, -0.15) is 0 Å². The van der Waals surface area contributed by atoms with Crippen LogP contribution >= 0.6 is 28.6 Å². The van der Waals surface area contributed by atoms with Gasteiger partial charge < -0.3 is 0 Å². The van der Waals surface area contributed by atoms with E-state index in [9.17, 15) is 4.39 Å². The van der Waals surface area contributed by atoms with E-state index in [0.717, 1.165) is 6.20 Å². The zero-order chi connectivity index (χ0) is 6.85. The lowest BCUT2D eigenvalue weighted by Crippen LogP contribution is -1.79. The van der Waals surface area contributed by atoms with Crippen molar-refractivity contribution in [3.8, 4) is 0 Å². The van der Waals surface area contributed by atoms with Crippen LogP contribution in [0.25, 0.3) is 0 Å². The summed E-state index contributed by atoms with van der Waals surface area (Å²) in [6.07, 6.45) is 1.13. The Morgan fingerprint density at radius 3 is 2.78 bits per heavy atom. The van der Waals surface area contributed by atoms with Crippen LogP contribution in [0.3, 0.4) is 0 Å². The molecule has 0 N–H and O–H groups in total. The molecular formula is C5H3BrFNS. The van der Waals surface area contributed by atoms with Crippen molar-refractivity contribution >= 4 is 28.6 Å². The number of halogens is 2. The first-order chi connectivity index (χ1) is 4.20. The summed E-state index contributed by atoms with van der Waals surface area (Å²) in [5, 5.41) is 0. The first-order valence-electron chi connectivity index (χ1n) is 2.20. The highest BCUT2D eigenvalue weighted by Gasteiger charge is 1.96. The minimum absolute atomic E-state index is 0.372. The third kappa shape index (κ3) is 1.66. The Kier molecular flexibility index (Phi) is 2.08. The van der Waals surface area contributed by atoms with Crippen LogP contribution in [0.5, 0.6) is 0 Å². The normalized spacial score (nSPS) is 9.67. The van der Waals surface area contributed by atoms with Gasteiger partial charge in [0, 0.05) is 4.90 Å². The van der Waals surface area contributed by atoms with Gasteiger partial charge in [-0.05, 0) is 22.0 Å². The summed E-state index contributed by atoms with van der Waals surface area (Å²) in [5.74, 6) is -0.372. The van der Waals surface area contributed by atoms with Crippen molar-refractivity contribution < 1.29 is 4.39 Å². The average Bonchev–Trinajstić information content (AvgIpc) is 1.80. The Balaban J connectivity index is 3.17. The van der Waals surface area contributed by atoms with Crippen molar-refractivity contribution in [1.29, 1.82) is 0 Å². The monoisotopic (exact) mass is 207 g/mol. The smallest absolute Gasteiger partial charge is 0.142 e. The van der Waals surface area contributed by atoms with E-state index < -0.39 is 0 Å². The van der Waals surface area contributed by atoms with E-state index in [0.29, 0.717) is 9.50 Å². The average molecular weight is 208 g/mol. The van der Waals surface area contributed by atoms with E-state index in [4.69, 9.17) is 0 Å². The van der Waals surface area contributed by atoms with Gasteiger partial charge in [-0.25, -0.2) is 9.37 Å². The van der Waals surface area contributed by atoms with Gasteiger partial charge >= 0.3 is 0 Å². The van der Waals surface area contributed by atoms with Crippen LogP contribution < -0.4 is 0 Å². The topological polar surface area (TPSA) is 12.9 Å². The lowest BCUT2D eigenvalue weighted by atomic mass is 10.5. The van der Waals surface area contributed by atoms with E-state index in [1.165, 1.54) is 6.07 Å². The molecule has 0 aliphatic heterocycles. The largest absolute Gasteiger partial charge is 0.245 e. The fraction of sp³-hybridized carbons (Fsp3) is 0. The van der Waals surface area contributed by atoms with E-state index >= 15 is 0 Å². The SMILES string of the molecule is Fc1cnc(Br)c(S)c1. The van der Waals surface area contributed by atoms with Crippen LogP contribution in [-0.2, 0) is 0 Å². The van der Waals surface area contributed by atoms with Gasteiger partial charge in [0.25, 0.3) is 0 Å². The zero-order valence-electron chi connectivity index (χ0n) is 4.31. The predicted octanol–water partition coefficient (Wildman–Crippen LogP) is 2.27. The van der Waals surface area contributed by atoms with Crippen LogP contribution in [0.15, 0.2) is 21.8 Å². The summed E-state index contributed by atoms with van der Waals surface area (Å²) >= 11 is 6.99. The first-order valence-corrected chi connectivity index (χ1v) is 3.44. The fourth-order valence-electron chi connectivity index (χ4n) is 0.412. The van der Waals surface area contributed by atoms with Crippen molar-refractivity contribution in [2.75, 3.05) is 0 Å². The number of nitrogens with zero attached hydrogens (tertiary/aromatic N) is 1. The Labute approximate surface area is 65.8 Å². The van der Waals surface area contributed by atoms with E-state index in [1.54, 1.807) is 0 Å². The summed E-state index contributed by atoms with van der Waals surface area (Å²) in [7, 11) is 0. The summed E-state index contributed by atoms with van der Waals surface area (Å²) in [6, 6.07) is 1.29. The molecule has 0 unspecified atom stereocenters. The van der Waals surface area contributed by atoms with Gasteiger partial charge in [-0.1, -0.05) is 0 Å². The number of hydrogen-bond donors (Lipinski definition) is 1. The Hall–Kier alpha value is -0.0900. The minimum Gasteiger partial charge on any atom is -0.245 e. The second-order valence-electron chi connectivity index (χ2n) is 1.46. The van der Waals surface area contributed by atoms with Crippen molar-refractivity contribution in [2.45, 2.75) is 4.90 Å². The quantitative estimate of drug-likeness (QED) is 0.509. The van der Waals surface area contributed by atoms with E-state index in [1.807, 2.05) is 0 Å². The van der Waals surface area contributed by atoms with Crippen LogP contribution in [-0.4, -0.2) is 4.98 Å². The molecule has 1 rings (SSSR count). The number of thiol groups is 1. The Morgan fingerprint density at radius 1 is 1.67 bits per heavy atom. The second kappa shape index (κ2) is 2.66. The third-order valence-corrected chi connectivity index (χ3v) is 2.07. The maximum Gasteiger partial charge on any atom is 0.142 e. The molecule has 9 heavy (non-hydrogen) atoms. The summed E-state index contributed by atoms with van der Waals surface area (Å²) < 4.78 is 12.8. The van der Waals surface area contributed by atoms with Gasteiger partial charge in [0.2, 0.25) is 0 Å². The van der Waals surface area contributed by atoms with Crippen LogP contribution in [0, 0.1) is 5.82 Å². The van der Waals surface area contributed by atoms with E-state index in [-0.39, 0.29) is 5.82 Å². The molecule has 0 amide bonds. The van der Waals surface area contributed by atoms with Crippen molar-refractivity contribution in [2.24, 2.45) is 0 Å². The number of rotatable bonds is 0. The molecule has 4 heteroatoms. The number of hydrogen-bond acceptors (Lipinski definition) is 2. The maximum atomic E-state index is 12.2.